The highest BCUT2D eigenvalue weighted by atomic mass is 79.9. The predicted octanol–water partition coefficient (Wildman–Crippen LogP) is 2.60. The molecule has 0 unspecified atom stereocenters. The van der Waals surface area contributed by atoms with Crippen molar-refractivity contribution in [2.45, 2.75) is 20.0 Å². The van der Waals surface area contributed by atoms with Crippen LogP contribution in [0.3, 0.4) is 0 Å². The van der Waals surface area contributed by atoms with Gasteiger partial charge in [0.05, 0.1) is 15.9 Å². The zero-order valence-corrected chi connectivity index (χ0v) is 13.3. The van der Waals surface area contributed by atoms with Crippen molar-refractivity contribution < 1.29 is 14.6 Å². The van der Waals surface area contributed by atoms with Gasteiger partial charge in [0, 0.05) is 12.7 Å². The van der Waals surface area contributed by atoms with Crippen LogP contribution in [0.4, 0.5) is 5.69 Å². The molecule has 0 aliphatic heterocycles. The molecule has 7 heteroatoms. The van der Waals surface area contributed by atoms with Crippen LogP contribution in [0.1, 0.15) is 28.7 Å². The highest BCUT2D eigenvalue weighted by Gasteiger charge is 2.17. The number of hydrogen-bond donors (Lipinski definition) is 2. The highest BCUT2D eigenvalue weighted by molar-refractivity contribution is 9.10. The molecule has 0 bridgehead atoms. The SMILES string of the molecule is CCc1nn(C)c(COc2cccc(N)c2C(=O)O)c1Br. The summed E-state index contributed by atoms with van der Waals surface area (Å²) in [6.07, 6.45) is 0.799. The summed E-state index contributed by atoms with van der Waals surface area (Å²) in [6.45, 7) is 2.21. The molecule has 0 saturated heterocycles. The molecular weight excluding hydrogens is 338 g/mol. The average Bonchev–Trinajstić information content (AvgIpc) is 2.70. The summed E-state index contributed by atoms with van der Waals surface area (Å²) >= 11 is 3.49. The molecule has 0 aliphatic carbocycles. The van der Waals surface area contributed by atoms with Crippen molar-refractivity contribution in [1.29, 1.82) is 0 Å². The first kappa shape index (κ1) is 15.4. The number of benzene rings is 1. The molecule has 2 rings (SSSR count). The standard InChI is InChI=1S/C14H16BrN3O3/c1-3-9-13(15)10(18(2)17-9)7-21-11-6-4-5-8(16)12(11)14(19)20/h4-6H,3,7,16H2,1-2H3,(H,19,20). The number of nitrogens with two attached hydrogens (primary N) is 1. The number of aromatic carboxylic acids is 1. The lowest BCUT2D eigenvalue weighted by Crippen LogP contribution is -2.09. The lowest BCUT2D eigenvalue weighted by molar-refractivity contribution is 0.0693. The van der Waals surface area contributed by atoms with Gasteiger partial charge in [-0.05, 0) is 34.5 Å². The maximum Gasteiger partial charge on any atom is 0.341 e. The topological polar surface area (TPSA) is 90.4 Å². The van der Waals surface area contributed by atoms with Crippen LogP contribution in [0.2, 0.25) is 0 Å². The van der Waals surface area contributed by atoms with Crippen LogP contribution in [0.5, 0.6) is 5.75 Å². The van der Waals surface area contributed by atoms with Gasteiger partial charge in [-0.1, -0.05) is 13.0 Å². The van der Waals surface area contributed by atoms with E-state index in [1.807, 2.05) is 14.0 Å². The van der Waals surface area contributed by atoms with Crippen molar-refractivity contribution in [2.75, 3.05) is 5.73 Å². The van der Waals surface area contributed by atoms with E-state index in [1.54, 1.807) is 16.8 Å². The molecule has 0 aliphatic rings. The number of carboxylic acids is 1. The fourth-order valence-corrected chi connectivity index (χ4v) is 2.75. The second kappa shape index (κ2) is 6.17. The van der Waals surface area contributed by atoms with E-state index in [4.69, 9.17) is 10.5 Å². The zero-order valence-electron chi connectivity index (χ0n) is 11.8. The number of ether oxygens (including phenoxy) is 1. The van der Waals surface area contributed by atoms with E-state index in [9.17, 15) is 9.90 Å². The molecule has 112 valence electrons. The molecule has 21 heavy (non-hydrogen) atoms. The third kappa shape index (κ3) is 3.02. The monoisotopic (exact) mass is 353 g/mol. The predicted molar refractivity (Wildman–Crippen MR) is 82.4 cm³/mol. The van der Waals surface area contributed by atoms with Gasteiger partial charge < -0.3 is 15.6 Å². The first-order chi connectivity index (χ1) is 9.95. The van der Waals surface area contributed by atoms with E-state index in [2.05, 4.69) is 21.0 Å². The van der Waals surface area contributed by atoms with Crippen molar-refractivity contribution in [3.05, 3.63) is 39.6 Å². The third-order valence-electron chi connectivity index (χ3n) is 3.14. The Morgan fingerprint density at radius 1 is 1.52 bits per heavy atom. The van der Waals surface area contributed by atoms with Gasteiger partial charge in [-0.3, -0.25) is 4.68 Å². The smallest absolute Gasteiger partial charge is 0.341 e. The van der Waals surface area contributed by atoms with Crippen LogP contribution in [-0.2, 0) is 20.1 Å². The van der Waals surface area contributed by atoms with Crippen molar-refractivity contribution in [2.24, 2.45) is 7.05 Å². The van der Waals surface area contributed by atoms with Crippen LogP contribution in [0, 0.1) is 0 Å². The minimum Gasteiger partial charge on any atom is -0.486 e. The molecule has 2 aromatic rings. The molecule has 0 spiro atoms. The van der Waals surface area contributed by atoms with Gasteiger partial charge in [0.2, 0.25) is 0 Å². The van der Waals surface area contributed by atoms with Gasteiger partial charge in [-0.25, -0.2) is 4.79 Å². The van der Waals surface area contributed by atoms with E-state index in [1.165, 1.54) is 6.07 Å². The Balaban J connectivity index is 2.27. The number of nitrogens with zero attached hydrogens (tertiary/aromatic N) is 2. The van der Waals surface area contributed by atoms with E-state index < -0.39 is 5.97 Å². The van der Waals surface area contributed by atoms with Crippen molar-refractivity contribution in [3.63, 3.8) is 0 Å². The van der Waals surface area contributed by atoms with Gasteiger partial charge in [0.25, 0.3) is 0 Å². The molecule has 1 heterocycles. The summed E-state index contributed by atoms with van der Waals surface area (Å²) in [5.41, 5.74) is 7.62. The van der Waals surface area contributed by atoms with Gasteiger partial charge in [-0.2, -0.15) is 5.10 Å². The first-order valence-corrected chi connectivity index (χ1v) is 7.19. The summed E-state index contributed by atoms with van der Waals surface area (Å²) in [4.78, 5) is 11.3. The first-order valence-electron chi connectivity index (χ1n) is 6.40. The Hall–Kier alpha value is -2.02. The van der Waals surface area contributed by atoms with Crippen LogP contribution < -0.4 is 10.5 Å². The average molecular weight is 354 g/mol. The molecule has 0 atom stereocenters. The molecule has 0 fully saturated rings. The fraction of sp³-hybridized carbons (Fsp3) is 0.286. The number of rotatable bonds is 5. The van der Waals surface area contributed by atoms with Gasteiger partial charge >= 0.3 is 5.97 Å². The number of carbonyl (C=O) groups is 1. The molecule has 3 N–H and O–H groups in total. The number of nitrogen functional groups attached to an aromatic ring is 1. The van der Waals surface area contributed by atoms with E-state index in [0.29, 0.717) is 0 Å². The maximum absolute atomic E-state index is 11.3. The van der Waals surface area contributed by atoms with E-state index in [0.717, 1.165) is 22.3 Å². The fourth-order valence-electron chi connectivity index (χ4n) is 2.02. The summed E-state index contributed by atoms with van der Waals surface area (Å²) in [5, 5.41) is 13.6. The van der Waals surface area contributed by atoms with Gasteiger partial charge in [-0.15, -0.1) is 0 Å². The molecule has 0 radical (unpaired) electrons. The Morgan fingerprint density at radius 3 is 2.81 bits per heavy atom. The van der Waals surface area contributed by atoms with Crippen molar-refractivity contribution in [3.8, 4) is 5.75 Å². The Kier molecular flexibility index (Phi) is 4.52. The minimum absolute atomic E-state index is 0.0218. The Morgan fingerprint density at radius 2 is 2.24 bits per heavy atom. The second-order valence-corrected chi connectivity index (χ2v) is 5.29. The number of halogens is 1. The van der Waals surface area contributed by atoms with E-state index >= 15 is 0 Å². The van der Waals surface area contributed by atoms with Crippen LogP contribution >= 0.6 is 15.9 Å². The lowest BCUT2D eigenvalue weighted by Gasteiger charge is -2.11. The minimum atomic E-state index is -1.11. The van der Waals surface area contributed by atoms with Gasteiger partial charge in [0.15, 0.2) is 0 Å². The summed E-state index contributed by atoms with van der Waals surface area (Å²) in [6, 6.07) is 4.78. The van der Waals surface area contributed by atoms with Crippen LogP contribution in [0.15, 0.2) is 22.7 Å². The number of aromatic nitrogens is 2. The van der Waals surface area contributed by atoms with Crippen LogP contribution in [-0.4, -0.2) is 20.9 Å². The quantitative estimate of drug-likeness (QED) is 0.806. The Labute approximate surface area is 130 Å². The lowest BCUT2D eigenvalue weighted by atomic mass is 10.1. The van der Waals surface area contributed by atoms with Crippen molar-refractivity contribution in [1.82, 2.24) is 9.78 Å². The summed E-state index contributed by atoms with van der Waals surface area (Å²) in [5.74, 6) is -0.866. The van der Waals surface area contributed by atoms with Gasteiger partial charge in [0.1, 0.15) is 17.9 Å². The molecule has 0 amide bonds. The second-order valence-electron chi connectivity index (χ2n) is 4.50. The third-order valence-corrected chi connectivity index (χ3v) is 4.06. The summed E-state index contributed by atoms with van der Waals surface area (Å²) in [7, 11) is 1.82. The van der Waals surface area contributed by atoms with E-state index in [-0.39, 0.29) is 23.6 Å². The highest BCUT2D eigenvalue weighted by Crippen LogP contribution is 2.27. The van der Waals surface area contributed by atoms with Crippen molar-refractivity contribution >= 4 is 27.6 Å². The number of hydrogen-bond acceptors (Lipinski definition) is 4. The maximum atomic E-state index is 11.3. The summed E-state index contributed by atoms with van der Waals surface area (Å²) < 4.78 is 8.23. The number of aryl methyl sites for hydroxylation is 2. The molecule has 1 aromatic heterocycles. The largest absolute Gasteiger partial charge is 0.486 e. The zero-order chi connectivity index (χ0) is 15.6. The Bertz CT molecular complexity index is 682. The molecular formula is C14H16BrN3O3. The normalized spacial score (nSPS) is 10.6. The van der Waals surface area contributed by atoms with Crippen LogP contribution in [0.25, 0.3) is 0 Å². The number of carboxylic acid groups (broad SMARTS) is 1. The number of anilines is 1. The molecule has 6 nitrogen and oxygen atoms in total. The molecule has 1 aromatic carbocycles. The molecule has 0 saturated carbocycles.